The molecule has 0 aliphatic carbocycles. The van der Waals surface area contributed by atoms with E-state index < -0.39 is 0 Å². The Morgan fingerprint density at radius 3 is 2.14 bits per heavy atom. The summed E-state index contributed by atoms with van der Waals surface area (Å²) < 4.78 is 0. The summed E-state index contributed by atoms with van der Waals surface area (Å²) in [6.07, 6.45) is 0. The van der Waals surface area contributed by atoms with Crippen molar-refractivity contribution in [3.8, 4) is 0 Å². The van der Waals surface area contributed by atoms with Crippen molar-refractivity contribution >= 4 is 6.72 Å². The molecule has 0 saturated heterocycles. The van der Waals surface area contributed by atoms with Gasteiger partial charge in [0.25, 0.3) is 0 Å². The van der Waals surface area contributed by atoms with Crippen molar-refractivity contribution in [2.75, 3.05) is 6.61 Å². The van der Waals surface area contributed by atoms with E-state index in [1.165, 1.54) is 0 Å². The largest absolute Gasteiger partial charge is 0.394 e. The van der Waals surface area contributed by atoms with Crippen molar-refractivity contribution in [1.82, 2.24) is 0 Å². The third kappa shape index (κ3) is 2.34. The van der Waals surface area contributed by atoms with Crippen LogP contribution in [0.15, 0.2) is 4.99 Å². The summed E-state index contributed by atoms with van der Waals surface area (Å²) in [5, 5.41) is 8.46. The molecule has 0 aromatic carbocycles. The monoisotopic (exact) mass is 101 g/mol. The zero-order valence-corrected chi connectivity index (χ0v) is 4.81. The predicted molar refractivity (Wildman–Crippen MR) is 30.7 cm³/mol. The van der Waals surface area contributed by atoms with Crippen molar-refractivity contribution in [2.45, 2.75) is 19.4 Å². The van der Waals surface area contributed by atoms with E-state index in [0.717, 1.165) is 0 Å². The quantitative estimate of drug-likeness (QED) is 0.503. The third-order valence-corrected chi connectivity index (χ3v) is 0.815. The fourth-order valence-corrected chi connectivity index (χ4v) is 0.0500. The molecule has 0 aliphatic heterocycles. The van der Waals surface area contributed by atoms with Crippen molar-refractivity contribution in [2.24, 2.45) is 4.99 Å². The lowest BCUT2D eigenvalue weighted by atomic mass is 10.1. The molecule has 0 radical (unpaired) electrons. The van der Waals surface area contributed by atoms with Crippen molar-refractivity contribution < 1.29 is 5.11 Å². The Morgan fingerprint density at radius 2 is 2.14 bits per heavy atom. The third-order valence-electron chi connectivity index (χ3n) is 0.815. The molecule has 0 amide bonds. The first kappa shape index (κ1) is 6.63. The number of nitrogens with zero attached hydrogens (tertiary/aromatic N) is 1. The van der Waals surface area contributed by atoms with Gasteiger partial charge in [-0.3, -0.25) is 4.99 Å². The lowest BCUT2D eigenvalue weighted by Crippen LogP contribution is -2.20. The van der Waals surface area contributed by atoms with Gasteiger partial charge in [-0.2, -0.15) is 0 Å². The van der Waals surface area contributed by atoms with Gasteiger partial charge in [0.15, 0.2) is 0 Å². The van der Waals surface area contributed by atoms with Crippen LogP contribution in [0.4, 0.5) is 0 Å². The second-order valence-corrected chi connectivity index (χ2v) is 2.13. The minimum atomic E-state index is -0.347. The van der Waals surface area contributed by atoms with Crippen LogP contribution in [0, 0.1) is 0 Å². The highest BCUT2D eigenvalue weighted by atomic mass is 16.3. The van der Waals surface area contributed by atoms with E-state index in [2.05, 4.69) is 11.7 Å². The zero-order valence-electron chi connectivity index (χ0n) is 4.81. The van der Waals surface area contributed by atoms with Gasteiger partial charge >= 0.3 is 0 Å². The van der Waals surface area contributed by atoms with Gasteiger partial charge in [0.2, 0.25) is 0 Å². The van der Waals surface area contributed by atoms with Crippen LogP contribution < -0.4 is 0 Å². The first-order valence-corrected chi connectivity index (χ1v) is 2.21. The summed E-state index contributed by atoms with van der Waals surface area (Å²) >= 11 is 0. The smallest absolute Gasteiger partial charge is 0.0774 e. The Balaban J connectivity index is 3.58. The van der Waals surface area contributed by atoms with Crippen LogP contribution in [-0.2, 0) is 0 Å². The van der Waals surface area contributed by atoms with Gasteiger partial charge in [0.05, 0.1) is 12.1 Å². The number of hydrogen-bond acceptors (Lipinski definition) is 2. The topological polar surface area (TPSA) is 32.6 Å². The maximum atomic E-state index is 8.46. The standard InChI is InChI=1S/C5H11NO/c1-5(2,4-7)6-3/h7H,3-4H2,1-2H3. The highest BCUT2D eigenvalue weighted by Gasteiger charge is 2.10. The summed E-state index contributed by atoms with van der Waals surface area (Å²) in [5.74, 6) is 0. The molecule has 0 aromatic rings. The summed E-state index contributed by atoms with van der Waals surface area (Å²) in [4.78, 5) is 3.64. The Labute approximate surface area is 43.9 Å². The second-order valence-electron chi connectivity index (χ2n) is 2.13. The molecule has 0 saturated carbocycles. The highest BCUT2D eigenvalue weighted by molar-refractivity contribution is 5.25. The van der Waals surface area contributed by atoms with Crippen LogP contribution in [0.3, 0.4) is 0 Å². The van der Waals surface area contributed by atoms with E-state index in [9.17, 15) is 0 Å². The van der Waals surface area contributed by atoms with E-state index in [1.54, 1.807) is 0 Å². The second kappa shape index (κ2) is 2.07. The molecule has 0 spiro atoms. The van der Waals surface area contributed by atoms with E-state index in [1.807, 2.05) is 13.8 Å². The Bertz CT molecular complexity index is 68.5. The average molecular weight is 101 g/mol. The minimum Gasteiger partial charge on any atom is -0.394 e. The summed E-state index contributed by atoms with van der Waals surface area (Å²) in [6, 6.07) is 0. The number of aliphatic imine (C=N–C) groups is 1. The fraction of sp³-hybridized carbons (Fsp3) is 0.800. The average Bonchev–Trinajstić information content (AvgIpc) is 1.68. The number of aliphatic hydroxyl groups excluding tert-OH is 1. The Morgan fingerprint density at radius 1 is 1.71 bits per heavy atom. The molecule has 0 atom stereocenters. The molecule has 0 aromatic heterocycles. The molecular formula is C5H11NO. The maximum Gasteiger partial charge on any atom is 0.0774 e. The minimum absolute atomic E-state index is 0.0660. The fourth-order valence-electron chi connectivity index (χ4n) is 0.0500. The highest BCUT2D eigenvalue weighted by Crippen LogP contribution is 2.03. The summed E-state index contributed by atoms with van der Waals surface area (Å²) in [5.41, 5.74) is -0.347. The first-order chi connectivity index (χ1) is 3.12. The SMILES string of the molecule is C=NC(C)(C)CO. The number of hydrogen-bond donors (Lipinski definition) is 1. The predicted octanol–water partition coefficient (Wildman–Crippen LogP) is 0.458. The molecule has 0 aliphatic rings. The molecule has 0 rings (SSSR count). The van der Waals surface area contributed by atoms with Gasteiger partial charge in [0, 0.05) is 0 Å². The van der Waals surface area contributed by atoms with Crippen LogP contribution in [0.5, 0.6) is 0 Å². The van der Waals surface area contributed by atoms with Crippen LogP contribution >= 0.6 is 0 Å². The lowest BCUT2D eigenvalue weighted by molar-refractivity contribution is 0.223. The van der Waals surface area contributed by atoms with Gasteiger partial charge in [0.1, 0.15) is 0 Å². The molecule has 0 fully saturated rings. The van der Waals surface area contributed by atoms with E-state index in [4.69, 9.17) is 5.11 Å². The van der Waals surface area contributed by atoms with Crippen LogP contribution in [0.1, 0.15) is 13.8 Å². The number of rotatable bonds is 2. The maximum absolute atomic E-state index is 8.46. The van der Waals surface area contributed by atoms with E-state index in [-0.39, 0.29) is 12.1 Å². The Kier molecular flexibility index (Phi) is 1.96. The zero-order chi connectivity index (χ0) is 5.91. The molecule has 0 heterocycles. The molecule has 0 unspecified atom stereocenters. The molecule has 7 heavy (non-hydrogen) atoms. The van der Waals surface area contributed by atoms with Crippen molar-refractivity contribution in [3.05, 3.63) is 0 Å². The molecular weight excluding hydrogens is 90.1 g/mol. The molecule has 2 nitrogen and oxygen atoms in total. The van der Waals surface area contributed by atoms with Crippen molar-refractivity contribution in [3.63, 3.8) is 0 Å². The Hall–Kier alpha value is -0.370. The van der Waals surface area contributed by atoms with E-state index in [0.29, 0.717) is 0 Å². The lowest BCUT2D eigenvalue weighted by Gasteiger charge is -2.12. The van der Waals surface area contributed by atoms with Gasteiger partial charge in [-0.1, -0.05) is 0 Å². The molecule has 42 valence electrons. The summed E-state index contributed by atoms with van der Waals surface area (Å²) in [6.45, 7) is 7.00. The van der Waals surface area contributed by atoms with Gasteiger partial charge in [-0.25, -0.2) is 0 Å². The normalized spacial score (nSPS) is 11.3. The van der Waals surface area contributed by atoms with E-state index >= 15 is 0 Å². The first-order valence-electron chi connectivity index (χ1n) is 2.21. The van der Waals surface area contributed by atoms with Crippen LogP contribution in [-0.4, -0.2) is 24.0 Å². The van der Waals surface area contributed by atoms with Gasteiger partial charge in [-0.05, 0) is 20.6 Å². The molecule has 2 heteroatoms. The van der Waals surface area contributed by atoms with Crippen LogP contribution in [0.2, 0.25) is 0 Å². The van der Waals surface area contributed by atoms with Crippen LogP contribution in [0.25, 0.3) is 0 Å². The van der Waals surface area contributed by atoms with Gasteiger partial charge < -0.3 is 5.11 Å². The van der Waals surface area contributed by atoms with Gasteiger partial charge in [-0.15, -0.1) is 0 Å². The molecule has 1 N–H and O–H groups in total. The van der Waals surface area contributed by atoms with Crippen molar-refractivity contribution in [1.29, 1.82) is 0 Å². The molecule has 0 bridgehead atoms. The summed E-state index contributed by atoms with van der Waals surface area (Å²) in [7, 11) is 0. The number of aliphatic hydroxyl groups is 1.